The average molecular weight is 296 g/mol. The van der Waals surface area contributed by atoms with Gasteiger partial charge in [0.1, 0.15) is 0 Å². The van der Waals surface area contributed by atoms with E-state index in [0.29, 0.717) is 12.0 Å². The topological polar surface area (TPSA) is 29.1 Å². The number of carbonyl (C=O) groups excluding carboxylic acids is 1. The van der Waals surface area contributed by atoms with Crippen LogP contribution in [0.25, 0.3) is 0 Å². The number of benzene rings is 1. The van der Waals surface area contributed by atoms with E-state index in [1.54, 1.807) is 0 Å². The van der Waals surface area contributed by atoms with Crippen LogP contribution in [-0.4, -0.2) is 11.9 Å². The van der Waals surface area contributed by atoms with Gasteiger partial charge in [-0.3, -0.25) is 4.79 Å². The van der Waals surface area contributed by atoms with Crippen molar-refractivity contribution in [2.75, 3.05) is 0 Å². The predicted molar refractivity (Wildman–Crippen MR) is 73.0 cm³/mol. The fourth-order valence-corrected chi connectivity index (χ4v) is 2.81. The third-order valence-electron chi connectivity index (χ3n) is 3.51. The molecule has 3 heteroatoms. The van der Waals surface area contributed by atoms with Crippen LogP contribution >= 0.6 is 15.9 Å². The lowest BCUT2D eigenvalue weighted by atomic mass is 9.86. The lowest BCUT2D eigenvalue weighted by Crippen LogP contribution is -2.41. The molecule has 0 bridgehead atoms. The molecule has 1 amide bonds. The maximum Gasteiger partial charge on any atom is 0.251 e. The Balaban J connectivity index is 2.01. The van der Waals surface area contributed by atoms with Crippen molar-refractivity contribution >= 4 is 21.8 Å². The summed E-state index contributed by atoms with van der Waals surface area (Å²) < 4.78 is 0.946. The minimum atomic E-state index is 0.0463. The van der Waals surface area contributed by atoms with Gasteiger partial charge in [-0.2, -0.15) is 0 Å². The molecule has 0 aliphatic heterocycles. The summed E-state index contributed by atoms with van der Waals surface area (Å²) in [6.07, 6.45) is 4.86. The van der Waals surface area contributed by atoms with E-state index in [1.807, 2.05) is 24.3 Å². The molecule has 17 heavy (non-hydrogen) atoms. The number of nitrogens with one attached hydrogen (secondary N) is 1. The number of amides is 1. The SMILES string of the molecule is CC1CCCCC1NC(=O)c1cccc(Br)c1. The Morgan fingerprint density at radius 3 is 2.82 bits per heavy atom. The molecular formula is C14H18BrNO. The quantitative estimate of drug-likeness (QED) is 0.884. The molecule has 2 atom stereocenters. The van der Waals surface area contributed by atoms with Crippen LogP contribution in [0.15, 0.2) is 28.7 Å². The maximum absolute atomic E-state index is 12.1. The zero-order valence-corrected chi connectivity index (χ0v) is 11.7. The number of hydrogen-bond acceptors (Lipinski definition) is 1. The normalized spacial score (nSPS) is 24.4. The Labute approximate surface area is 111 Å². The molecule has 1 aliphatic carbocycles. The van der Waals surface area contributed by atoms with Gasteiger partial charge in [-0.15, -0.1) is 0 Å². The second-order valence-corrected chi connectivity index (χ2v) is 5.77. The van der Waals surface area contributed by atoms with Gasteiger partial charge in [0.25, 0.3) is 5.91 Å². The Bertz CT molecular complexity index is 405. The van der Waals surface area contributed by atoms with E-state index in [-0.39, 0.29) is 5.91 Å². The molecule has 1 N–H and O–H groups in total. The predicted octanol–water partition coefficient (Wildman–Crippen LogP) is 3.76. The molecule has 2 nitrogen and oxygen atoms in total. The molecule has 0 radical (unpaired) electrons. The molecular weight excluding hydrogens is 278 g/mol. The number of halogens is 1. The van der Waals surface area contributed by atoms with Gasteiger partial charge in [-0.05, 0) is 37.0 Å². The van der Waals surface area contributed by atoms with Crippen LogP contribution in [0.4, 0.5) is 0 Å². The van der Waals surface area contributed by atoms with Crippen LogP contribution in [0, 0.1) is 5.92 Å². The molecule has 2 unspecified atom stereocenters. The van der Waals surface area contributed by atoms with Gasteiger partial charge in [0.2, 0.25) is 0 Å². The van der Waals surface area contributed by atoms with Crippen LogP contribution in [0.5, 0.6) is 0 Å². The third kappa shape index (κ3) is 3.32. The molecule has 1 aliphatic rings. The maximum atomic E-state index is 12.1. The first-order valence-corrected chi connectivity index (χ1v) is 7.02. The minimum Gasteiger partial charge on any atom is -0.349 e. The summed E-state index contributed by atoms with van der Waals surface area (Å²) >= 11 is 3.39. The molecule has 1 aromatic rings. The van der Waals surface area contributed by atoms with Crippen LogP contribution in [0.1, 0.15) is 43.0 Å². The molecule has 2 rings (SSSR count). The molecule has 0 saturated heterocycles. The van der Waals surface area contributed by atoms with Crippen molar-refractivity contribution < 1.29 is 4.79 Å². The van der Waals surface area contributed by atoms with E-state index >= 15 is 0 Å². The zero-order chi connectivity index (χ0) is 12.3. The summed E-state index contributed by atoms with van der Waals surface area (Å²) in [5, 5.41) is 3.15. The van der Waals surface area contributed by atoms with Gasteiger partial charge in [-0.1, -0.05) is 41.8 Å². The first-order valence-electron chi connectivity index (χ1n) is 6.23. The van der Waals surface area contributed by atoms with Gasteiger partial charge in [-0.25, -0.2) is 0 Å². The van der Waals surface area contributed by atoms with Crippen molar-refractivity contribution in [2.24, 2.45) is 5.92 Å². The highest BCUT2D eigenvalue weighted by Crippen LogP contribution is 2.24. The summed E-state index contributed by atoms with van der Waals surface area (Å²) in [6, 6.07) is 7.88. The standard InChI is InChI=1S/C14H18BrNO/c1-10-5-2-3-8-13(10)16-14(17)11-6-4-7-12(15)9-11/h4,6-7,9-10,13H,2-3,5,8H2,1H3,(H,16,17). The van der Waals surface area contributed by atoms with Crippen molar-refractivity contribution in [1.29, 1.82) is 0 Å². The molecule has 0 aromatic heterocycles. The van der Waals surface area contributed by atoms with Gasteiger partial charge in [0.15, 0.2) is 0 Å². The smallest absolute Gasteiger partial charge is 0.251 e. The Morgan fingerprint density at radius 1 is 1.35 bits per heavy atom. The van der Waals surface area contributed by atoms with E-state index in [4.69, 9.17) is 0 Å². The van der Waals surface area contributed by atoms with E-state index in [1.165, 1.54) is 19.3 Å². The van der Waals surface area contributed by atoms with Crippen molar-refractivity contribution in [3.05, 3.63) is 34.3 Å². The highest BCUT2D eigenvalue weighted by molar-refractivity contribution is 9.10. The second-order valence-electron chi connectivity index (χ2n) is 4.85. The Morgan fingerprint density at radius 2 is 2.12 bits per heavy atom. The van der Waals surface area contributed by atoms with Crippen molar-refractivity contribution in [1.82, 2.24) is 5.32 Å². The van der Waals surface area contributed by atoms with Gasteiger partial charge in [0.05, 0.1) is 0 Å². The van der Waals surface area contributed by atoms with Crippen molar-refractivity contribution in [3.8, 4) is 0 Å². The van der Waals surface area contributed by atoms with Crippen LogP contribution in [-0.2, 0) is 0 Å². The van der Waals surface area contributed by atoms with E-state index in [9.17, 15) is 4.79 Å². The summed E-state index contributed by atoms with van der Waals surface area (Å²) in [6.45, 7) is 2.23. The largest absolute Gasteiger partial charge is 0.349 e. The summed E-state index contributed by atoms with van der Waals surface area (Å²) in [7, 11) is 0. The monoisotopic (exact) mass is 295 g/mol. The van der Waals surface area contributed by atoms with Crippen LogP contribution in [0.2, 0.25) is 0 Å². The molecule has 1 aromatic carbocycles. The first-order chi connectivity index (χ1) is 8.16. The molecule has 0 spiro atoms. The van der Waals surface area contributed by atoms with Crippen LogP contribution in [0.3, 0.4) is 0 Å². The number of carbonyl (C=O) groups is 1. The fraction of sp³-hybridized carbons (Fsp3) is 0.500. The van der Waals surface area contributed by atoms with Gasteiger partial charge < -0.3 is 5.32 Å². The summed E-state index contributed by atoms with van der Waals surface area (Å²) in [5.41, 5.74) is 0.733. The zero-order valence-electron chi connectivity index (χ0n) is 10.1. The Kier molecular flexibility index (Phi) is 4.21. The minimum absolute atomic E-state index is 0.0463. The van der Waals surface area contributed by atoms with Crippen molar-refractivity contribution in [3.63, 3.8) is 0 Å². The molecule has 1 fully saturated rings. The van der Waals surface area contributed by atoms with E-state index in [0.717, 1.165) is 16.5 Å². The fourth-order valence-electron chi connectivity index (χ4n) is 2.41. The second kappa shape index (κ2) is 5.67. The van der Waals surface area contributed by atoms with E-state index in [2.05, 4.69) is 28.2 Å². The lowest BCUT2D eigenvalue weighted by molar-refractivity contribution is 0.0910. The van der Waals surface area contributed by atoms with Crippen LogP contribution < -0.4 is 5.32 Å². The first kappa shape index (κ1) is 12.6. The molecule has 92 valence electrons. The van der Waals surface area contributed by atoms with Gasteiger partial charge in [0, 0.05) is 16.1 Å². The highest BCUT2D eigenvalue weighted by Gasteiger charge is 2.23. The van der Waals surface area contributed by atoms with Gasteiger partial charge >= 0.3 is 0 Å². The highest BCUT2D eigenvalue weighted by atomic mass is 79.9. The lowest BCUT2D eigenvalue weighted by Gasteiger charge is -2.29. The Hall–Kier alpha value is -0.830. The van der Waals surface area contributed by atoms with E-state index < -0.39 is 0 Å². The average Bonchev–Trinajstić information content (AvgIpc) is 2.32. The summed E-state index contributed by atoms with van der Waals surface area (Å²) in [4.78, 5) is 12.1. The number of rotatable bonds is 2. The number of hydrogen-bond donors (Lipinski definition) is 1. The summed E-state index contributed by atoms with van der Waals surface area (Å²) in [5.74, 6) is 0.643. The third-order valence-corrected chi connectivity index (χ3v) is 4.01. The molecule has 1 saturated carbocycles. The molecule has 0 heterocycles. The van der Waals surface area contributed by atoms with Crippen molar-refractivity contribution in [2.45, 2.75) is 38.6 Å².